The van der Waals surface area contributed by atoms with Gasteiger partial charge >= 0.3 is 0 Å². The fourth-order valence-electron chi connectivity index (χ4n) is 3.62. The number of hydrogen-bond acceptors (Lipinski definition) is 4. The number of halogens is 2. The molecular weight excluding hydrogens is 561 g/mol. The van der Waals surface area contributed by atoms with Crippen LogP contribution in [0, 0.1) is 5.82 Å². The largest absolute Gasteiger partial charge is 0.354 e. The first-order chi connectivity index (χ1) is 17.6. The van der Waals surface area contributed by atoms with Crippen molar-refractivity contribution in [3.8, 4) is 0 Å². The minimum atomic E-state index is -4.18. The molecule has 1 atom stereocenters. The molecule has 0 aromatic heterocycles. The van der Waals surface area contributed by atoms with Gasteiger partial charge in [0.15, 0.2) is 0 Å². The van der Waals surface area contributed by atoms with Crippen molar-refractivity contribution >= 4 is 43.5 Å². The van der Waals surface area contributed by atoms with Crippen molar-refractivity contribution in [3.63, 3.8) is 0 Å². The zero-order valence-electron chi connectivity index (χ0n) is 20.6. The van der Waals surface area contributed by atoms with Crippen molar-refractivity contribution in [1.29, 1.82) is 0 Å². The van der Waals surface area contributed by atoms with Gasteiger partial charge in [0.25, 0.3) is 10.0 Å². The molecule has 0 aliphatic rings. The standard InChI is InChI=1S/C27H29BrFN3O4S/c1-3-17-30-27(34)20(2)31(18-21-9-11-22(28)12-10-21)26(33)19-32(24-15-13-23(29)14-16-24)37(35,36)25-7-5-4-6-8-25/h4-16,20H,3,17-19H2,1-2H3,(H,30,34). The normalized spacial score (nSPS) is 12.0. The number of carbonyl (C=O) groups excluding carboxylic acids is 2. The van der Waals surface area contributed by atoms with Crippen LogP contribution in [0.3, 0.4) is 0 Å². The molecule has 3 rings (SSSR count). The molecule has 0 saturated carbocycles. The van der Waals surface area contributed by atoms with Crippen molar-refractivity contribution in [2.75, 3.05) is 17.4 Å². The summed E-state index contributed by atoms with van der Waals surface area (Å²) in [5, 5.41) is 2.80. The van der Waals surface area contributed by atoms with E-state index >= 15 is 0 Å². The summed E-state index contributed by atoms with van der Waals surface area (Å²) in [4.78, 5) is 27.9. The number of rotatable bonds is 11. The van der Waals surface area contributed by atoms with Gasteiger partial charge in [0.2, 0.25) is 11.8 Å². The Morgan fingerprint density at radius 2 is 1.59 bits per heavy atom. The van der Waals surface area contributed by atoms with Gasteiger partial charge in [0.05, 0.1) is 10.6 Å². The van der Waals surface area contributed by atoms with Crippen molar-refractivity contribution in [2.45, 2.75) is 37.8 Å². The number of sulfonamides is 1. The molecule has 1 N–H and O–H groups in total. The molecule has 7 nitrogen and oxygen atoms in total. The Bertz CT molecular complexity index is 1300. The summed E-state index contributed by atoms with van der Waals surface area (Å²) in [6.45, 7) is 3.49. The molecule has 0 saturated heterocycles. The zero-order chi connectivity index (χ0) is 27.0. The maximum absolute atomic E-state index is 13.7. The van der Waals surface area contributed by atoms with E-state index in [2.05, 4.69) is 21.2 Å². The van der Waals surface area contributed by atoms with Crippen LogP contribution in [0.25, 0.3) is 0 Å². The monoisotopic (exact) mass is 589 g/mol. The highest BCUT2D eigenvalue weighted by atomic mass is 79.9. The lowest BCUT2D eigenvalue weighted by atomic mass is 10.1. The third-order valence-corrected chi connectivity index (χ3v) is 8.02. The molecular formula is C27H29BrFN3O4S. The second-order valence-corrected chi connectivity index (χ2v) is 11.2. The lowest BCUT2D eigenvalue weighted by molar-refractivity contribution is -0.139. The second-order valence-electron chi connectivity index (χ2n) is 8.42. The molecule has 10 heteroatoms. The van der Waals surface area contributed by atoms with Gasteiger partial charge in [-0.05, 0) is 67.4 Å². The SMILES string of the molecule is CCCNC(=O)C(C)N(Cc1ccc(Br)cc1)C(=O)CN(c1ccc(F)cc1)S(=O)(=O)c1ccccc1. The van der Waals surface area contributed by atoms with Crippen LogP contribution in [0.1, 0.15) is 25.8 Å². The van der Waals surface area contributed by atoms with Crippen LogP contribution >= 0.6 is 15.9 Å². The first-order valence-corrected chi connectivity index (χ1v) is 14.0. The molecule has 0 aliphatic heterocycles. The second kappa shape index (κ2) is 12.8. The van der Waals surface area contributed by atoms with Crippen LogP contribution in [-0.4, -0.2) is 44.3 Å². The maximum atomic E-state index is 13.7. The van der Waals surface area contributed by atoms with Crippen molar-refractivity contribution in [2.24, 2.45) is 0 Å². The van der Waals surface area contributed by atoms with Gasteiger partial charge in [0.1, 0.15) is 18.4 Å². The maximum Gasteiger partial charge on any atom is 0.264 e. The van der Waals surface area contributed by atoms with Gasteiger partial charge < -0.3 is 10.2 Å². The summed E-state index contributed by atoms with van der Waals surface area (Å²) in [5.74, 6) is -1.46. The lowest BCUT2D eigenvalue weighted by Gasteiger charge is -2.32. The molecule has 3 aromatic carbocycles. The Balaban J connectivity index is 1.99. The Morgan fingerprint density at radius 1 is 0.973 bits per heavy atom. The first-order valence-electron chi connectivity index (χ1n) is 11.8. The smallest absolute Gasteiger partial charge is 0.264 e. The van der Waals surface area contributed by atoms with Crippen LogP contribution in [0.2, 0.25) is 0 Å². The Hall–Kier alpha value is -3.24. The summed E-state index contributed by atoms with van der Waals surface area (Å²) in [5.41, 5.74) is 0.899. The molecule has 0 spiro atoms. The number of amides is 2. The van der Waals surface area contributed by atoms with Gasteiger partial charge in [-0.2, -0.15) is 0 Å². The van der Waals surface area contributed by atoms with Crippen molar-refractivity contribution in [1.82, 2.24) is 10.2 Å². The highest BCUT2D eigenvalue weighted by molar-refractivity contribution is 9.10. The van der Waals surface area contributed by atoms with Gasteiger partial charge in [-0.1, -0.05) is 53.2 Å². The van der Waals surface area contributed by atoms with Crippen molar-refractivity contribution in [3.05, 3.63) is 94.7 Å². The molecule has 0 heterocycles. The molecule has 1 unspecified atom stereocenters. The van der Waals surface area contributed by atoms with Gasteiger partial charge in [-0.15, -0.1) is 0 Å². The number of anilines is 1. The third kappa shape index (κ3) is 7.39. The summed E-state index contributed by atoms with van der Waals surface area (Å²) >= 11 is 3.38. The highest BCUT2D eigenvalue weighted by Gasteiger charge is 2.32. The summed E-state index contributed by atoms with van der Waals surface area (Å²) in [6, 6.07) is 19.0. The van der Waals surface area contributed by atoms with Gasteiger partial charge in [-0.3, -0.25) is 13.9 Å². The van der Waals surface area contributed by atoms with E-state index in [0.29, 0.717) is 6.54 Å². The number of nitrogens with one attached hydrogen (secondary N) is 1. The lowest BCUT2D eigenvalue weighted by Crippen LogP contribution is -2.51. The predicted octanol–water partition coefficient (Wildman–Crippen LogP) is 4.73. The van der Waals surface area contributed by atoms with E-state index in [1.807, 2.05) is 31.2 Å². The quantitative estimate of drug-likeness (QED) is 0.350. The van der Waals surface area contributed by atoms with Crippen molar-refractivity contribution < 1.29 is 22.4 Å². The average Bonchev–Trinajstić information content (AvgIpc) is 2.90. The highest BCUT2D eigenvalue weighted by Crippen LogP contribution is 2.25. The Labute approximate surface area is 225 Å². The molecule has 3 aromatic rings. The van der Waals surface area contributed by atoms with Crippen LogP contribution < -0.4 is 9.62 Å². The third-order valence-electron chi connectivity index (χ3n) is 5.71. The van der Waals surface area contributed by atoms with E-state index < -0.39 is 34.3 Å². The van der Waals surface area contributed by atoms with Gasteiger partial charge in [0, 0.05) is 17.6 Å². The predicted molar refractivity (Wildman–Crippen MR) is 145 cm³/mol. The number of benzene rings is 3. The van der Waals surface area contributed by atoms with E-state index in [-0.39, 0.29) is 23.0 Å². The van der Waals surface area contributed by atoms with E-state index in [1.165, 1.54) is 29.2 Å². The summed E-state index contributed by atoms with van der Waals surface area (Å²) in [6.07, 6.45) is 0.729. The fraction of sp³-hybridized carbons (Fsp3) is 0.259. The molecule has 0 bridgehead atoms. The molecule has 0 radical (unpaired) electrons. The minimum absolute atomic E-state index is 0.0136. The zero-order valence-corrected chi connectivity index (χ0v) is 23.0. The number of carbonyl (C=O) groups is 2. The van der Waals surface area contributed by atoms with E-state index in [4.69, 9.17) is 0 Å². The molecule has 0 aliphatic carbocycles. The minimum Gasteiger partial charge on any atom is -0.354 e. The Morgan fingerprint density at radius 3 is 2.19 bits per heavy atom. The molecule has 0 fully saturated rings. The van der Waals surface area contributed by atoms with Crippen LogP contribution in [0.5, 0.6) is 0 Å². The first kappa shape index (κ1) is 28.3. The van der Waals surface area contributed by atoms with Crippen LogP contribution in [-0.2, 0) is 26.2 Å². The Kier molecular flexibility index (Phi) is 9.82. The van der Waals surface area contributed by atoms with Crippen LogP contribution in [0.4, 0.5) is 10.1 Å². The summed E-state index contributed by atoms with van der Waals surface area (Å²) < 4.78 is 42.6. The number of hydrogen-bond donors (Lipinski definition) is 1. The topological polar surface area (TPSA) is 86.8 Å². The number of nitrogens with zero attached hydrogens (tertiary/aromatic N) is 2. The molecule has 2 amide bonds. The molecule has 196 valence electrons. The van der Waals surface area contributed by atoms with Crippen LogP contribution in [0.15, 0.2) is 88.2 Å². The van der Waals surface area contributed by atoms with E-state index in [0.717, 1.165) is 32.9 Å². The average molecular weight is 591 g/mol. The van der Waals surface area contributed by atoms with E-state index in [9.17, 15) is 22.4 Å². The fourth-order valence-corrected chi connectivity index (χ4v) is 5.32. The van der Waals surface area contributed by atoms with E-state index in [1.54, 1.807) is 25.1 Å². The van der Waals surface area contributed by atoms with Gasteiger partial charge in [-0.25, -0.2) is 12.8 Å². The summed E-state index contributed by atoms with van der Waals surface area (Å²) in [7, 11) is -4.18. The molecule has 37 heavy (non-hydrogen) atoms.